The number of aliphatic hydroxyl groups is 1. The van der Waals surface area contributed by atoms with E-state index in [2.05, 4.69) is 10.6 Å². The predicted octanol–water partition coefficient (Wildman–Crippen LogP) is -1.05. The molecule has 0 saturated carbocycles. The number of carbonyl (C=O) groups excluding carboxylic acids is 2. The van der Waals surface area contributed by atoms with Crippen molar-refractivity contribution in [3.63, 3.8) is 0 Å². The molecule has 1 rings (SSSR count). The fraction of sp³-hybridized carbons (Fsp3) is 0.308. The van der Waals surface area contributed by atoms with E-state index in [1.165, 1.54) is 19.1 Å². The number of amides is 2. The Hall–Kier alpha value is -2.61. The van der Waals surface area contributed by atoms with E-state index in [1.807, 2.05) is 0 Å². The second-order valence-electron chi connectivity index (χ2n) is 4.43. The summed E-state index contributed by atoms with van der Waals surface area (Å²) in [4.78, 5) is 34.0. The van der Waals surface area contributed by atoms with Crippen molar-refractivity contribution in [1.82, 2.24) is 10.6 Å². The molecule has 1 aromatic carbocycles. The molecular weight excluding hydrogens is 278 g/mol. The summed E-state index contributed by atoms with van der Waals surface area (Å²) < 4.78 is 0. The first-order valence-corrected chi connectivity index (χ1v) is 6.15. The normalized spacial score (nSPS) is 13.0. The lowest BCUT2D eigenvalue weighted by molar-refractivity contribution is -0.144. The van der Waals surface area contributed by atoms with Crippen LogP contribution in [0.1, 0.15) is 17.3 Å². The van der Waals surface area contributed by atoms with Gasteiger partial charge in [-0.25, -0.2) is 4.79 Å². The molecule has 1 aromatic rings. The summed E-state index contributed by atoms with van der Waals surface area (Å²) in [7, 11) is 0. The van der Waals surface area contributed by atoms with Gasteiger partial charge in [-0.05, 0) is 31.2 Å². The summed E-state index contributed by atoms with van der Waals surface area (Å²) in [6.45, 7) is 0.839. The second-order valence-corrected chi connectivity index (χ2v) is 4.43. The molecular formula is C13H17N3O5. The zero-order valence-electron chi connectivity index (χ0n) is 11.4. The molecule has 0 saturated heterocycles. The molecule has 21 heavy (non-hydrogen) atoms. The number of carboxylic acids is 1. The fourth-order valence-corrected chi connectivity index (χ4v) is 1.51. The molecule has 8 nitrogen and oxygen atoms in total. The van der Waals surface area contributed by atoms with Gasteiger partial charge in [0.15, 0.2) is 6.04 Å². The highest BCUT2D eigenvalue weighted by molar-refractivity contribution is 5.97. The average molecular weight is 295 g/mol. The maximum atomic E-state index is 11.7. The topological polar surface area (TPSA) is 142 Å². The van der Waals surface area contributed by atoms with E-state index in [0.717, 1.165) is 0 Å². The van der Waals surface area contributed by atoms with E-state index in [0.29, 0.717) is 11.3 Å². The van der Waals surface area contributed by atoms with Crippen molar-refractivity contribution in [1.29, 1.82) is 0 Å². The Morgan fingerprint density at radius 2 is 1.81 bits per heavy atom. The number of rotatable bonds is 6. The van der Waals surface area contributed by atoms with Crippen LogP contribution >= 0.6 is 0 Å². The van der Waals surface area contributed by atoms with Crippen LogP contribution in [0, 0.1) is 0 Å². The van der Waals surface area contributed by atoms with Crippen LogP contribution in [-0.4, -0.2) is 46.7 Å². The van der Waals surface area contributed by atoms with Gasteiger partial charge < -0.3 is 26.6 Å². The number of carbonyl (C=O) groups is 3. The molecule has 0 spiro atoms. The molecule has 0 fully saturated rings. The molecule has 2 atom stereocenters. The third kappa shape index (κ3) is 5.11. The van der Waals surface area contributed by atoms with Crippen molar-refractivity contribution in [2.24, 2.45) is 0 Å². The average Bonchev–Trinajstić information content (AvgIpc) is 2.42. The van der Waals surface area contributed by atoms with Gasteiger partial charge >= 0.3 is 5.97 Å². The number of hydrogen-bond acceptors (Lipinski definition) is 5. The number of hydrogen-bond donors (Lipinski definition) is 5. The van der Waals surface area contributed by atoms with Gasteiger partial charge in [-0.2, -0.15) is 0 Å². The molecule has 0 aliphatic rings. The predicted molar refractivity (Wildman–Crippen MR) is 74.4 cm³/mol. The molecule has 0 bridgehead atoms. The SMILES string of the molecule is CC(O)C(NC(=O)CNC(=O)c1ccc(N)cc1)C(=O)O. The highest BCUT2D eigenvalue weighted by atomic mass is 16.4. The number of nitrogens with two attached hydrogens (primary N) is 1. The lowest BCUT2D eigenvalue weighted by atomic mass is 10.2. The third-order valence-corrected chi connectivity index (χ3v) is 2.65. The van der Waals surface area contributed by atoms with Crippen molar-refractivity contribution in [3.05, 3.63) is 29.8 Å². The molecule has 0 radical (unpaired) electrons. The van der Waals surface area contributed by atoms with Crippen molar-refractivity contribution in [2.75, 3.05) is 12.3 Å². The lowest BCUT2D eigenvalue weighted by Gasteiger charge is -2.17. The number of aliphatic hydroxyl groups excluding tert-OH is 1. The molecule has 6 N–H and O–H groups in total. The standard InChI is InChI=1S/C13H17N3O5/c1-7(17)11(13(20)21)16-10(18)6-15-12(19)8-2-4-9(14)5-3-8/h2-5,7,11,17H,6,14H2,1H3,(H,15,19)(H,16,18)(H,20,21). The van der Waals surface area contributed by atoms with Gasteiger partial charge in [-0.15, -0.1) is 0 Å². The number of nitrogens with one attached hydrogen (secondary N) is 2. The van der Waals surface area contributed by atoms with Gasteiger partial charge in [-0.3, -0.25) is 9.59 Å². The van der Waals surface area contributed by atoms with Crippen molar-refractivity contribution < 1.29 is 24.6 Å². The summed E-state index contributed by atoms with van der Waals surface area (Å²) in [5, 5.41) is 22.5. The molecule has 2 amide bonds. The number of carboxylic acid groups (broad SMARTS) is 1. The van der Waals surface area contributed by atoms with E-state index in [9.17, 15) is 19.5 Å². The minimum Gasteiger partial charge on any atom is -0.480 e. The smallest absolute Gasteiger partial charge is 0.328 e. The van der Waals surface area contributed by atoms with Crippen molar-refractivity contribution >= 4 is 23.5 Å². The Kier molecular flexibility index (Phi) is 5.67. The maximum absolute atomic E-state index is 11.7. The van der Waals surface area contributed by atoms with Crippen LogP contribution in [-0.2, 0) is 9.59 Å². The van der Waals surface area contributed by atoms with E-state index >= 15 is 0 Å². The first kappa shape index (κ1) is 16.4. The van der Waals surface area contributed by atoms with E-state index in [1.54, 1.807) is 12.1 Å². The van der Waals surface area contributed by atoms with Crippen molar-refractivity contribution in [2.45, 2.75) is 19.1 Å². The summed E-state index contributed by atoms with van der Waals surface area (Å²) >= 11 is 0. The molecule has 0 aliphatic carbocycles. The number of aliphatic carboxylic acids is 1. The minimum absolute atomic E-state index is 0.322. The summed E-state index contributed by atoms with van der Waals surface area (Å²) in [5.41, 5.74) is 6.31. The van der Waals surface area contributed by atoms with E-state index < -0.39 is 36.5 Å². The number of benzene rings is 1. The minimum atomic E-state index is -1.43. The van der Waals surface area contributed by atoms with E-state index in [-0.39, 0.29) is 0 Å². The number of nitrogen functional groups attached to an aromatic ring is 1. The molecule has 0 heterocycles. The Labute approximate surface area is 120 Å². The van der Waals surface area contributed by atoms with Gasteiger partial charge in [0.05, 0.1) is 12.6 Å². The van der Waals surface area contributed by atoms with Gasteiger partial charge in [0.1, 0.15) is 0 Å². The third-order valence-electron chi connectivity index (χ3n) is 2.65. The monoisotopic (exact) mass is 295 g/mol. The molecule has 8 heteroatoms. The largest absolute Gasteiger partial charge is 0.480 e. The highest BCUT2D eigenvalue weighted by Gasteiger charge is 2.24. The Morgan fingerprint density at radius 1 is 1.24 bits per heavy atom. The zero-order valence-corrected chi connectivity index (χ0v) is 11.4. The molecule has 0 aliphatic heterocycles. The van der Waals surface area contributed by atoms with E-state index in [4.69, 9.17) is 10.8 Å². The van der Waals surface area contributed by atoms with Crippen LogP contribution in [0.25, 0.3) is 0 Å². The van der Waals surface area contributed by atoms with Gasteiger partial charge in [0, 0.05) is 11.3 Å². The summed E-state index contributed by atoms with van der Waals surface area (Å²) in [6.07, 6.45) is -1.25. The molecule has 114 valence electrons. The lowest BCUT2D eigenvalue weighted by Crippen LogP contribution is -2.50. The number of anilines is 1. The Morgan fingerprint density at radius 3 is 2.29 bits per heavy atom. The van der Waals surface area contributed by atoms with Crippen LogP contribution in [0.15, 0.2) is 24.3 Å². The van der Waals surface area contributed by atoms with Crippen LogP contribution < -0.4 is 16.4 Å². The van der Waals surface area contributed by atoms with Crippen LogP contribution in [0.2, 0.25) is 0 Å². The Balaban J connectivity index is 2.51. The van der Waals surface area contributed by atoms with Gasteiger partial charge in [-0.1, -0.05) is 0 Å². The molecule has 0 aromatic heterocycles. The summed E-state index contributed by atoms with van der Waals surface area (Å²) in [5.74, 6) is -2.57. The van der Waals surface area contributed by atoms with Crippen LogP contribution in [0.5, 0.6) is 0 Å². The Bertz CT molecular complexity index is 527. The first-order valence-electron chi connectivity index (χ1n) is 6.15. The zero-order chi connectivity index (χ0) is 16.0. The second kappa shape index (κ2) is 7.25. The van der Waals surface area contributed by atoms with Crippen molar-refractivity contribution in [3.8, 4) is 0 Å². The maximum Gasteiger partial charge on any atom is 0.328 e. The van der Waals surface area contributed by atoms with Gasteiger partial charge in [0.2, 0.25) is 5.91 Å². The first-order chi connectivity index (χ1) is 9.81. The van der Waals surface area contributed by atoms with Crippen LogP contribution in [0.4, 0.5) is 5.69 Å². The highest BCUT2D eigenvalue weighted by Crippen LogP contribution is 2.04. The fourth-order valence-electron chi connectivity index (χ4n) is 1.51. The quantitative estimate of drug-likeness (QED) is 0.424. The summed E-state index contributed by atoms with van der Waals surface area (Å²) in [6, 6.07) is 4.66. The van der Waals surface area contributed by atoms with Crippen LogP contribution in [0.3, 0.4) is 0 Å². The van der Waals surface area contributed by atoms with Gasteiger partial charge in [0.25, 0.3) is 5.91 Å². The molecule has 2 unspecified atom stereocenters.